The Morgan fingerprint density at radius 3 is 2.56 bits per heavy atom. The lowest BCUT2D eigenvalue weighted by molar-refractivity contribution is -0.125. The molecule has 1 unspecified atom stereocenters. The van der Waals surface area contributed by atoms with E-state index in [4.69, 9.17) is 9.26 Å². The van der Waals surface area contributed by atoms with Gasteiger partial charge in [-0.1, -0.05) is 12.1 Å². The fourth-order valence-electron chi connectivity index (χ4n) is 4.78. The highest BCUT2D eigenvalue weighted by Crippen LogP contribution is 2.26. The van der Waals surface area contributed by atoms with Crippen LogP contribution in [-0.2, 0) is 4.79 Å². The van der Waals surface area contributed by atoms with Gasteiger partial charge in [-0.05, 0) is 63.0 Å². The number of methoxy groups -OCH3 is 1. The minimum Gasteiger partial charge on any atom is -0.497 e. The van der Waals surface area contributed by atoms with Gasteiger partial charge in [-0.15, -0.1) is 0 Å². The van der Waals surface area contributed by atoms with Crippen LogP contribution in [0.4, 0.5) is 6.01 Å². The Labute approximate surface area is 202 Å². The fraction of sp³-hybridized carbons (Fsp3) is 0.640. The van der Waals surface area contributed by atoms with E-state index in [1.807, 2.05) is 29.2 Å². The van der Waals surface area contributed by atoms with E-state index in [9.17, 15) is 4.79 Å². The zero-order chi connectivity index (χ0) is 23.8. The number of benzene rings is 1. The van der Waals surface area contributed by atoms with Crippen molar-refractivity contribution in [2.75, 3.05) is 70.9 Å². The molecule has 34 heavy (non-hydrogen) atoms. The minimum absolute atomic E-state index is 0.0531. The van der Waals surface area contributed by atoms with Crippen molar-refractivity contribution in [3.8, 4) is 17.1 Å². The first-order valence-corrected chi connectivity index (χ1v) is 12.6. The predicted octanol–water partition coefficient (Wildman–Crippen LogP) is 2.50. The molecule has 3 heterocycles. The first-order valence-electron chi connectivity index (χ1n) is 12.6. The molecule has 1 aromatic carbocycles. The third-order valence-electron chi connectivity index (χ3n) is 6.78. The van der Waals surface area contributed by atoms with Crippen LogP contribution in [0.2, 0.25) is 0 Å². The number of carbonyl (C=O) groups excluding carboxylic acids is 1. The van der Waals surface area contributed by atoms with E-state index >= 15 is 0 Å². The number of aromatic nitrogens is 2. The number of carbonyl (C=O) groups is 1. The van der Waals surface area contributed by atoms with Crippen LogP contribution in [0.3, 0.4) is 0 Å². The molecule has 0 spiro atoms. The summed E-state index contributed by atoms with van der Waals surface area (Å²) in [6, 6.07) is 8.04. The van der Waals surface area contributed by atoms with Crippen molar-refractivity contribution in [1.82, 2.24) is 25.3 Å². The smallest absolute Gasteiger partial charge is 0.324 e. The summed E-state index contributed by atoms with van der Waals surface area (Å²) in [6.07, 6.45) is 4.04. The van der Waals surface area contributed by atoms with E-state index in [-0.39, 0.29) is 11.8 Å². The van der Waals surface area contributed by atoms with Crippen molar-refractivity contribution in [3.63, 3.8) is 0 Å². The fourth-order valence-corrected chi connectivity index (χ4v) is 4.78. The first-order chi connectivity index (χ1) is 16.7. The molecule has 1 N–H and O–H groups in total. The molecule has 2 aliphatic rings. The average molecular weight is 471 g/mol. The number of anilines is 1. The highest BCUT2D eigenvalue weighted by molar-refractivity contribution is 5.79. The summed E-state index contributed by atoms with van der Waals surface area (Å²) in [5.74, 6) is 1.40. The molecule has 2 saturated heterocycles. The summed E-state index contributed by atoms with van der Waals surface area (Å²) >= 11 is 0. The highest BCUT2D eigenvalue weighted by Gasteiger charge is 2.28. The standard InChI is InChI=1S/C25H38N6O3/c1-3-12-29-15-17-30(18-16-29)13-5-11-26-24(32)21-6-4-14-31(19-21)25-27-23(28-34-25)20-7-9-22(33-2)10-8-20/h7-10,21H,3-6,11-19H2,1-2H3,(H,26,32). The molecule has 186 valence electrons. The number of ether oxygens (including phenoxy) is 1. The van der Waals surface area contributed by atoms with E-state index < -0.39 is 0 Å². The van der Waals surface area contributed by atoms with Crippen LogP contribution in [-0.4, -0.2) is 91.9 Å². The summed E-state index contributed by atoms with van der Waals surface area (Å²) in [4.78, 5) is 24.4. The van der Waals surface area contributed by atoms with E-state index in [2.05, 4.69) is 32.2 Å². The lowest BCUT2D eigenvalue weighted by atomic mass is 9.97. The number of piperazine rings is 1. The van der Waals surface area contributed by atoms with Crippen LogP contribution in [0.15, 0.2) is 28.8 Å². The van der Waals surface area contributed by atoms with Crippen LogP contribution < -0.4 is 15.0 Å². The van der Waals surface area contributed by atoms with Crippen LogP contribution in [0.1, 0.15) is 32.6 Å². The molecule has 0 radical (unpaired) electrons. The number of nitrogens with one attached hydrogen (secondary N) is 1. The zero-order valence-corrected chi connectivity index (χ0v) is 20.5. The normalized spacial score (nSPS) is 19.8. The molecular weight excluding hydrogens is 432 g/mol. The van der Waals surface area contributed by atoms with Gasteiger partial charge < -0.3 is 29.3 Å². The molecular formula is C25H38N6O3. The number of hydrogen-bond donors (Lipinski definition) is 1. The lowest BCUT2D eigenvalue weighted by Gasteiger charge is -2.34. The van der Waals surface area contributed by atoms with Gasteiger partial charge in [0.25, 0.3) is 0 Å². The van der Waals surface area contributed by atoms with Gasteiger partial charge in [0.15, 0.2) is 0 Å². The van der Waals surface area contributed by atoms with E-state index in [0.717, 1.165) is 76.4 Å². The summed E-state index contributed by atoms with van der Waals surface area (Å²) in [7, 11) is 1.64. The molecule has 1 atom stereocenters. The third-order valence-corrected chi connectivity index (χ3v) is 6.78. The van der Waals surface area contributed by atoms with Gasteiger partial charge >= 0.3 is 6.01 Å². The van der Waals surface area contributed by atoms with Crippen LogP contribution in [0.5, 0.6) is 5.75 Å². The number of amides is 1. The van der Waals surface area contributed by atoms with Gasteiger partial charge in [0.2, 0.25) is 11.7 Å². The Hall–Kier alpha value is -2.65. The zero-order valence-electron chi connectivity index (χ0n) is 20.5. The quantitative estimate of drug-likeness (QED) is 0.530. The summed E-state index contributed by atoms with van der Waals surface area (Å²) in [5.41, 5.74) is 0.869. The SMILES string of the molecule is CCCN1CCN(CCCNC(=O)C2CCCN(c3nc(-c4ccc(OC)cc4)no3)C2)CC1. The average Bonchev–Trinajstić information content (AvgIpc) is 3.38. The predicted molar refractivity (Wildman–Crippen MR) is 132 cm³/mol. The Balaban J connectivity index is 1.20. The van der Waals surface area contributed by atoms with Crippen molar-refractivity contribution in [2.24, 2.45) is 5.92 Å². The molecule has 0 aliphatic carbocycles. The first kappa shape index (κ1) is 24.5. The second-order valence-electron chi connectivity index (χ2n) is 9.24. The van der Waals surface area contributed by atoms with E-state index in [0.29, 0.717) is 18.4 Å². The van der Waals surface area contributed by atoms with Gasteiger partial charge in [-0.25, -0.2) is 0 Å². The van der Waals surface area contributed by atoms with Crippen molar-refractivity contribution < 1.29 is 14.1 Å². The van der Waals surface area contributed by atoms with Gasteiger partial charge in [0.05, 0.1) is 13.0 Å². The summed E-state index contributed by atoms with van der Waals surface area (Å²) < 4.78 is 10.7. The third kappa shape index (κ3) is 6.48. The molecule has 9 nitrogen and oxygen atoms in total. The maximum Gasteiger partial charge on any atom is 0.324 e. The lowest BCUT2D eigenvalue weighted by Crippen LogP contribution is -2.47. The second-order valence-corrected chi connectivity index (χ2v) is 9.24. The molecule has 0 bridgehead atoms. The molecule has 0 saturated carbocycles. The number of piperidine rings is 1. The van der Waals surface area contributed by atoms with Crippen molar-refractivity contribution >= 4 is 11.9 Å². The summed E-state index contributed by atoms with van der Waals surface area (Å²) in [5, 5.41) is 7.28. The number of nitrogens with zero attached hydrogens (tertiary/aromatic N) is 5. The van der Waals surface area contributed by atoms with Gasteiger partial charge in [-0.3, -0.25) is 4.79 Å². The monoisotopic (exact) mass is 470 g/mol. The molecule has 2 aliphatic heterocycles. The van der Waals surface area contributed by atoms with E-state index in [1.165, 1.54) is 13.0 Å². The molecule has 2 aromatic rings. The van der Waals surface area contributed by atoms with Crippen LogP contribution in [0.25, 0.3) is 11.4 Å². The largest absolute Gasteiger partial charge is 0.497 e. The van der Waals surface area contributed by atoms with Crippen molar-refractivity contribution in [3.05, 3.63) is 24.3 Å². The molecule has 1 amide bonds. The maximum atomic E-state index is 12.8. The van der Waals surface area contributed by atoms with E-state index in [1.54, 1.807) is 7.11 Å². The maximum absolute atomic E-state index is 12.8. The number of rotatable bonds is 10. The number of hydrogen-bond acceptors (Lipinski definition) is 8. The van der Waals surface area contributed by atoms with Crippen molar-refractivity contribution in [2.45, 2.75) is 32.6 Å². The molecule has 1 aromatic heterocycles. The van der Waals surface area contributed by atoms with Gasteiger partial charge in [0.1, 0.15) is 5.75 Å². The Kier molecular flexibility index (Phi) is 8.76. The Morgan fingerprint density at radius 2 is 1.85 bits per heavy atom. The van der Waals surface area contributed by atoms with Gasteiger partial charge in [0, 0.05) is 51.4 Å². The second kappa shape index (κ2) is 12.2. The molecule has 4 rings (SSSR count). The summed E-state index contributed by atoms with van der Waals surface area (Å²) in [6.45, 7) is 11.2. The van der Waals surface area contributed by atoms with Crippen molar-refractivity contribution in [1.29, 1.82) is 0 Å². The topological polar surface area (TPSA) is 87.0 Å². The van der Waals surface area contributed by atoms with Crippen LogP contribution >= 0.6 is 0 Å². The van der Waals surface area contributed by atoms with Crippen LogP contribution in [0, 0.1) is 5.92 Å². The van der Waals surface area contributed by atoms with Gasteiger partial charge in [-0.2, -0.15) is 4.98 Å². The Bertz CT molecular complexity index is 894. The highest BCUT2D eigenvalue weighted by atomic mass is 16.5. The molecule has 9 heteroatoms. The molecule has 2 fully saturated rings. The minimum atomic E-state index is -0.0531. The Morgan fingerprint density at radius 1 is 1.12 bits per heavy atom.